The molecule has 2 aromatic rings. The van der Waals surface area contributed by atoms with E-state index in [4.69, 9.17) is 5.11 Å². The van der Waals surface area contributed by atoms with Gasteiger partial charge in [0.05, 0.1) is 6.54 Å². The van der Waals surface area contributed by atoms with E-state index >= 15 is 0 Å². The van der Waals surface area contributed by atoms with Crippen LogP contribution in [0.3, 0.4) is 0 Å². The third-order valence-corrected chi connectivity index (χ3v) is 3.86. The first kappa shape index (κ1) is 14.6. The van der Waals surface area contributed by atoms with Crippen LogP contribution in [0.2, 0.25) is 0 Å². The van der Waals surface area contributed by atoms with Gasteiger partial charge < -0.3 is 10.0 Å². The van der Waals surface area contributed by atoms with Gasteiger partial charge in [0.1, 0.15) is 12.4 Å². The van der Waals surface area contributed by atoms with Crippen molar-refractivity contribution < 1.29 is 9.50 Å². The number of anilines is 1. The number of aliphatic hydroxyl groups excluding tert-OH is 1. The maximum absolute atomic E-state index is 13.0. The Morgan fingerprint density at radius 3 is 2.65 bits per heavy atom. The molecule has 0 unspecified atom stereocenters. The Labute approximate surface area is 122 Å². The monoisotopic (exact) mass is 289 g/mol. The SMILES string of the molecule is CCN(Cc1sccc1C#CCO)c1ccc(F)cc1. The van der Waals surface area contributed by atoms with Gasteiger partial charge >= 0.3 is 0 Å². The lowest BCUT2D eigenvalue weighted by molar-refractivity contribution is 0.350. The van der Waals surface area contributed by atoms with Gasteiger partial charge in [-0.3, -0.25) is 0 Å². The Bertz CT molecular complexity index is 609. The summed E-state index contributed by atoms with van der Waals surface area (Å²) in [6.07, 6.45) is 0. The van der Waals surface area contributed by atoms with Crippen LogP contribution in [-0.4, -0.2) is 18.3 Å². The van der Waals surface area contributed by atoms with Gasteiger partial charge in [-0.1, -0.05) is 11.8 Å². The predicted molar refractivity (Wildman–Crippen MR) is 81.4 cm³/mol. The molecule has 0 saturated carbocycles. The molecule has 0 amide bonds. The molecule has 1 heterocycles. The lowest BCUT2D eigenvalue weighted by atomic mass is 10.2. The minimum absolute atomic E-state index is 0.134. The highest BCUT2D eigenvalue weighted by molar-refractivity contribution is 7.10. The van der Waals surface area contributed by atoms with E-state index in [1.807, 2.05) is 11.4 Å². The van der Waals surface area contributed by atoms with Gasteiger partial charge in [0.2, 0.25) is 0 Å². The largest absolute Gasteiger partial charge is 0.384 e. The third kappa shape index (κ3) is 3.60. The van der Waals surface area contributed by atoms with Crippen LogP contribution in [0.25, 0.3) is 0 Å². The van der Waals surface area contributed by atoms with Crippen molar-refractivity contribution >= 4 is 17.0 Å². The number of halogens is 1. The molecular weight excluding hydrogens is 273 g/mol. The van der Waals surface area contributed by atoms with Gasteiger partial charge in [-0.05, 0) is 42.6 Å². The molecule has 0 radical (unpaired) electrons. The molecular formula is C16H16FNOS. The fraction of sp³-hybridized carbons (Fsp3) is 0.250. The number of benzene rings is 1. The molecule has 0 bridgehead atoms. The Hall–Kier alpha value is -1.83. The smallest absolute Gasteiger partial charge is 0.123 e. The van der Waals surface area contributed by atoms with E-state index < -0.39 is 0 Å². The fourth-order valence-corrected chi connectivity index (χ4v) is 2.76. The number of hydrogen-bond donors (Lipinski definition) is 1. The highest BCUT2D eigenvalue weighted by Crippen LogP contribution is 2.22. The second-order valence-electron chi connectivity index (χ2n) is 4.21. The summed E-state index contributed by atoms with van der Waals surface area (Å²) in [6.45, 7) is 3.49. The second kappa shape index (κ2) is 7.09. The molecule has 1 N–H and O–H groups in total. The number of nitrogens with zero attached hydrogens (tertiary/aromatic N) is 1. The van der Waals surface area contributed by atoms with Crippen molar-refractivity contribution in [2.24, 2.45) is 0 Å². The molecule has 104 valence electrons. The predicted octanol–water partition coefficient (Wildman–Crippen LogP) is 3.26. The molecule has 0 aliphatic carbocycles. The van der Waals surface area contributed by atoms with Crippen LogP contribution in [0.15, 0.2) is 35.7 Å². The van der Waals surface area contributed by atoms with Gasteiger partial charge in [-0.2, -0.15) is 0 Å². The van der Waals surface area contributed by atoms with Crippen LogP contribution in [0.1, 0.15) is 17.4 Å². The molecule has 0 saturated heterocycles. The van der Waals surface area contributed by atoms with Gasteiger partial charge in [-0.25, -0.2) is 4.39 Å². The first-order chi connectivity index (χ1) is 9.74. The highest BCUT2D eigenvalue weighted by Gasteiger charge is 2.09. The molecule has 0 fully saturated rings. The number of rotatable bonds is 4. The molecule has 4 heteroatoms. The van der Waals surface area contributed by atoms with E-state index in [1.54, 1.807) is 23.5 Å². The van der Waals surface area contributed by atoms with Crippen molar-refractivity contribution in [1.82, 2.24) is 0 Å². The van der Waals surface area contributed by atoms with E-state index in [0.29, 0.717) is 0 Å². The van der Waals surface area contributed by atoms with Gasteiger partial charge in [0, 0.05) is 22.7 Å². The first-order valence-electron chi connectivity index (χ1n) is 6.41. The first-order valence-corrected chi connectivity index (χ1v) is 7.29. The zero-order valence-electron chi connectivity index (χ0n) is 11.3. The number of aliphatic hydroxyl groups is 1. The molecule has 0 atom stereocenters. The van der Waals surface area contributed by atoms with E-state index in [0.717, 1.165) is 29.2 Å². The van der Waals surface area contributed by atoms with Crippen molar-refractivity contribution in [2.45, 2.75) is 13.5 Å². The van der Waals surface area contributed by atoms with Crippen LogP contribution in [0.5, 0.6) is 0 Å². The maximum atomic E-state index is 13.0. The zero-order valence-corrected chi connectivity index (χ0v) is 12.1. The summed E-state index contributed by atoms with van der Waals surface area (Å²) in [7, 11) is 0. The van der Waals surface area contributed by atoms with Crippen LogP contribution in [0, 0.1) is 17.7 Å². The Morgan fingerprint density at radius 2 is 2.00 bits per heavy atom. The summed E-state index contributed by atoms with van der Waals surface area (Å²) in [5.74, 6) is 5.40. The van der Waals surface area contributed by atoms with E-state index in [2.05, 4.69) is 23.7 Å². The number of hydrogen-bond acceptors (Lipinski definition) is 3. The molecule has 1 aromatic carbocycles. The van der Waals surface area contributed by atoms with Crippen LogP contribution in [-0.2, 0) is 6.54 Å². The lowest BCUT2D eigenvalue weighted by Gasteiger charge is -2.22. The summed E-state index contributed by atoms with van der Waals surface area (Å²) in [5, 5.41) is 10.8. The second-order valence-corrected chi connectivity index (χ2v) is 5.21. The van der Waals surface area contributed by atoms with Gasteiger partial charge in [0.15, 0.2) is 0 Å². The average molecular weight is 289 g/mol. The molecule has 0 aliphatic rings. The lowest BCUT2D eigenvalue weighted by Crippen LogP contribution is -2.21. The average Bonchev–Trinajstić information content (AvgIpc) is 2.91. The molecule has 0 aliphatic heterocycles. The van der Waals surface area contributed by atoms with Crippen molar-refractivity contribution in [3.63, 3.8) is 0 Å². The molecule has 20 heavy (non-hydrogen) atoms. The molecule has 2 nitrogen and oxygen atoms in total. The molecule has 2 rings (SSSR count). The number of thiophene rings is 1. The third-order valence-electron chi connectivity index (χ3n) is 2.96. The summed E-state index contributed by atoms with van der Waals surface area (Å²) < 4.78 is 13.0. The standard InChI is InChI=1S/C16H16FNOS/c1-2-18(15-7-5-14(17)6-8-15)12-16-13(4-3-10-19)9-11-20-16/h5-9,11,19H,2,10,12H2,1H3. The van der Waals surface area contributed by atoms with Gasteiger partial charge in [0.25, 0.3) is 0 Å². The van der Waals surface area contributed by atoms with Crippen molar-refractivity contribution in [1.29, 1.82) is 0 Å². The fourth-order valence-electron chi connectivity index (χ4n) is 1.92. The Kier molecular flexibility index (Phi) is 5.16. The van der Waals surface area contributed by atoms with Crippen LogP contribution in [0.4, 0.5) is 10.1 Å². The summed E-state index contributed by atoms with van der Waals surface area (Å²) in [6, 6.07) is 8.47. The molecule has 1 aromatic heterocycles. The summed E-state index contributed by atoms with van der Waals surface area (Å²) in [5.41, 5.74) is 1.94. The summed E-state index contributed by atoms with van der Waals surface area (Å²) in [4.78, 5) is 3.31. The topological polar surface area (TPSA) is 23.5 Å². The minimum Gasteiger partial charge on any atom is -0.384 e. The Balaban J connectivity index is 2.18. The van der Waals surface area contributed by atoms with Crippen LogP contribution < -0.4 is 4.90 Å². The minimum atomic E-state index is -0.226. The van der Waals surface area contributed by atoms with Crippen molar-refractivity contribution in [3.05, 3.63) is 52.0 Å². The van der Waals surface area contributed by atoms with E-state index in [-0.39, 0.29) is 12.4 Å². The quantitative estimate of drug-likeness (QED) is 0.873. The highest BCUT2D eigenvalue weighted by atomic mass is 32.1. The maximum Gasteiger partial charge on any atom is 0.123 e. The van der Waals surface area contributed by atoms with Crippen molar-refractivity contribution in [2.75, 3.05) is 18.1 Å². The van der Waals surface area contributed by atoms with Crippen molar-refractivity contribution in [3.8, 4) is 11.8 Å². The zero-order chi connectivity index (χ0) is 14.4. The van der Waals surface area contributed by atoms with E-state index in [1.165, 1.54) is 12.1 Å². The summed E-state index contributed by atoms with van der Waals surface area (Å²) >= 11 is 1.64. The van der Waals surface area contributed by atoms with E-state index in [9.17, 15) is 4.39 Å². The molecule has 0 spiro atoms. The Morgan fingerprint density at radius 1 is 1.25 bits per heavy atom. The van der Waals surface area contributed by atoms with Gasteiger partial charge in [-0.15, -0.1) is 11.3 Å². The normalized spacial score (nSPS) is 9.95. The van der Waals surface area contributed by atoms with Crippen LogP contribution >= 0.6 is 11.3 Å².